The lowest BCUT2D eigenvalue weighted by Crippen LogP contribution is -2.41. The van der Waals surface area contributed by atoms with E-state index in [2.05, 4.69) is 4.74 Å². The monoisotopic (exact) mass is 275 g/mol. The van der Waals surface area contributed by atoms with Gasteiger partial charge in [-0.2, -0.15) is 8.78 Å². The van der Waals surface area contributed by atoms with Crippen LogP contribution in [0.5, 0.6) is 11.5 Å². The third kappa shape index (κ3) is 3.11. The summed E-state index contributed by atoms with van der Waals surface area (Å²) in [6.07, 6.45) is 0. The lowest BCUT2D eigenvalue weighted by atomic mass is 10.0. The topological polar surface area (TPSA) is 81.8 Å². The number of benzene rings is 1. The van der Waals surface area contributed by atoms with Crippen molar-refractivity contribution < 1.29 is 28.2 Å². The lowest BCUT2D eigenvalue weighted by Gasteiger charge is -2.22. The molecule has 0 aliphatic heterocycles. The minimum absolute atomic E-state index is 0.101. The van der Waals surface area contributed by atoms with E-state index in [9.17, 15) is 18.7 Å². The first-order valence-electron chi connectivity index (χ1n) is 5.52. The maximum Gasteiger partial charge on any atom is 0.379 e. The number of aromatic hydroxyl groups is 1. The molecule has 1 aromatic carbocycles. The van der Waals surface area contributed by atoms with E-state index in [1.807, 2.05) is 0 Å². The number of alkyl halides is 2. The molecule has 1 rings (SSSR count). The SMILES string of the molecule is CCOC(=O)C(F)(F)[C@@H](N)c1ccc(OC)c(O)c1. The summed E-state index contributed by atoms with van der Waals surface area (Å²) in [7, 11) is 1.32. The average molecular weight is 275 g/mol. The maximum absolute atomic E-state index is 13.7. The normalized spacial score (nSPS) is 12.9. The third-order valence-electron chi connectivity index (χ3n) is 2.50. The van der Waals surface area contributed by atoms with E-state index in [-0.39, 0.29) is 23.7 Å². The molecule has 0 aliphatic carbocycles. The van der Waals surface area contributed by atoms with Crippen molar-refractivity contribution in [2.24, 2.45) is 5.73 Å². The zero-order valence-electron chi connectivity index (χ0n) is 10.5. The van der Waals surface area contributed by atoms with Crippen molar-refractivity contribution in [1.29, 1.82) is 0 Å². The van der Waals surface area contributed by atoms with Crippen LogP contribution in [0.3, 0.4) is 0 Å². The van der Waals surface area contributed by atoms with Gasteiger partial charge in [0.15, 0.2) is 11.5 Å². The molecule has 1 atom stereocenters. The van der Waals surface area contributed by atoms with E-state index in [0.29, 0.717) is 0 Å². The van der Waals surface area contributed by atoms with Crippen LogP contribution in [0.2, 0.25) is 0 Å². The maximum atomic E-state index is 13.7. The standard InChI is InChI=1S/C12H15F2NO4/c1-3-19-11(17)12(13,14)10(15)7-4-5-9(18-2)8(16)6-7/h4-6,10,16H,3,15H2,1-2H3/t10-/m0/s1. The number of phenols is 1. The molecule has 0 saturated carbocycles. The highest BCUT2D eigenvalue weighted by molar-refractivity contribution is 5.79. The average Bonchev–Trinajstić information content (AvgIpc) is 2.37. The molecule has 0 bridgehead atoms. The Kier molecular flexibility index (Phi) is 4.66. The summed E-state index contributed by atoms with van der Waals surface area (Å²) in [4.78, 5) is 11.1. The van der Waals surface area contributed by atoms with Crippen LogP contribution in [0.15, 0.2) is 18.2 Å². The van der Waals surface area contributed by atoms with E-state index in [1.54, 1.807) is 0 Å². The Morgan fingerprint density at radius 2 is 2.16 bits per heavy atom. The molecule has 7 heteroatoms. The smallest absolute Gasteiger partial charge is 0.379 e. The van der Waals surface area contributed by atoms with Crippen molar-refractivity contribution in [3.63, 3.8) is 0 Å². The number of rotatable bonds is 5. The number of phenolic OH excluding ortho intramolecular Hbond substituents is 1. The molecule has 0 amide bonds. The molecule has 106 valence electrons. The van der Waals surface area contributed by atoms with Crippen LogP contribution in [0.4, 0.5) is 8.78 Å². The Labute approximate surface area is 108 Å². The van der Waals surface area contributed by atoms with E-state index in [4.69, 9.17) is 10.5 Å². The highest BCUT2D eigenvalue weighted by atomic mass is 19.3. The van der Waals surface area contributed by atoms with Gasteiger partial charge in [-0.05, 0) is 24.6 Å². The zero-order valence-corrected chi connectivity index (χ0v) is 10.5. The molecule has 0 unspecified atom stereocenters. The third-order valence-corrected chi connectivity index (χ3v) is 2.50. The van der Waals surface area contributed by atoms with Gasteiger partial charge in [-0.25, -0.2) is 4.79 Å². The van der Waals surface area contributed by atoms with Gasteiger partial charge >= 0.3 is 11.9 Å². The second kappa shape index (κ2) is 5.83. The molecule has 0 saturated heterocycles. The first kappa shape index (κ1) is 15.2. The van der Waals surface area contributed by atoms with Crippen molar-refractivity contribution >= 4 is 5.97 Å². The molecule has 0 aromatic heterocycles. The Balaban J connectivity index is 3.02. The number of halogens is 2. The van der Waals surface area contributed by atoms with Crippen LogP contribution in [-0.4, -0.2) is 30.7 Å². The second-order valence-electron chi connectivity index (χ2n) is 3.75. The number of methoxy groups -OCH3 is 1. The molecule has 3 N–H and O–H groups in total. The van der Waals surface area contributed by atoms with Gasteiger partial charge in [0.1, 0.15) is 6.04 Å². The van der Waals surface area contributed by atoms with Gasteiger partial charge in [0, 0.05) is 0 Å². The molecule has 0 spiro atoms. The fraction of sp³-hybridized carbons (Fsp3) is 0.417. The summed E-state index contributed by atoms with van der Waals surface area (Å²) in [5.41, 5.74) is 5.26. The molecule has 0 heterocycles. The van der Waals surface area contributed by atoms with Gasteiger partial charge in [0.05, 0.1) is 13.7 Å². The number of carbonyl (C=O) groups is 1. The van der Waals surface area contributed by atoms with Gasteiger partial charge < -0.3 is 20.3 Å². The van der Waals surface area contributed by atoms with Crippen molar-refractivity contribution in [2.75, 3.05) is 13.7 Å². The van der Waals surface area contributed by atoms with Crippen molar-refractivity contribution in [1.82, 2.24) is 0 Å². The Morgan fingerprint density at radius 1 is 1.53 bits per heavy atom. The summed E-state index contributed by atoms with van der Waals surface area (Å²) < 4.78 is 36.4. The molecule has 0 aliphatic rings. The molecular weight excluding hydrogens is 260 g/mol. The summed E-state index contributed by atoms with van der Waals surface area (Å²) in [6.45, 7) is 1.24. The number of nitrogens with two attached hydrogens (primary N) is 1. The first-order chi connectivity index (χ1) is 8.84. The number of hydrogen-bond donors (Lipinski definition) is 2. The molecule has 0 radical (unpaired) electrons. The van der Waals surface area contributed by atoms with Crippen molar-refractivity contribution in [3.8, 4) is 11.5 Å². The second-order valence-corrected chi connectivity index (χ2v) is 3.75. The van der Waals surface area contributed by atoms with E-state index >= 15 is 0 Å². The molecule has 0 fully saturated rings. The Hall–Kier alpha value is -1.89. The van der Waals surface area contributed by atoms with Crippen LogP contribution >= 0.6 is 0 Å². The van der Waals surface area contributed by atoms with Gasteiger partial charge in [0.25, 0.3) is 0 Å². The Bertz CT molecular complexity index is 465. The van der Waals surface area contributed by atoms with Gasteiger partial charge in [-0.15, -0.1) is 0 Å². The Morgan fingerprint density at radius 3 is 2.63 bits per heavy atom. The molecule has 1 aromatic rings. The molecule has 19 heavy (non-hydrogen) atoms. The number of hydrogen-bond acceptors (Lipinski definition) is 5. The van der Waals surface area contributed by atoms with E-state index in [1.165, 1.54) is 26.2 Å². The van der Waals surface area contributed by atoms with Gasteiger partial charge in [-0.1, -0.05) is 6.07 Å². The highest BCUT2D eigenvalue weighted by Gasteiger charge is 2.47. The highest BCUT2D eigenvalue weighted by Crippen LogP contribution is 2.35. The van der Waals surface area contributed by atoms with Gasteiger partial charge in [0.2, 0.25) is 0 Å². The minimum atomic E-state index is -3.88. The summed E-state index contributed by atoms with van der Waals surface area (Å²) >= 11 is 0. The van der Waals surface area contributed by atoms with E-state index < -0.39 is 17.9 Å². The fourth-order valence-electron chi connectivity index (χ4n) is 1.46. The fourth-order valence-corrected chi connectivity index (χ4v) is 1.46. The predicted octanol–water partition coefficient (Wildman–Crippen LogP) is 1.60. The van der Waals surface area contributed by atoms with Crippen LogP contribution in [0, 0.1) is 0 Å². The summed E-state index contributed by atoms with van der Waals surface area (Å²) in [6, 6.07) is 1.64. The number of ether oxygens (including phenoxy) is 2. The van der Waals surface area contributed by atoms with Crippen LogP contribution < -0.4 is 10.5 Å². The summed E-state index contributed by atoms with van der Waals surface area (Å²) in [5, 5.41) is 9.51. The molecular formula is C12H15F2NO4. The quantitative estimate of drug-likeness (QED) is 0.798. The zero-order chi connectivity index (χ0) is 14.6. The number of carbonyl (C=O) groups excluding carboxylic acids is 1. The van der Waals surface area contributed by atoms with Crippen LogP contribution in [-0.2, 0) is 9.53 Å². The van der Waals surface area contributed by atoms with Crippen LogP contribution in [0.1, 0.15) is 18.5 Å². The van der Waals surface area contributed by atoms with Gasteiger partial charge in [-0.3, -0.25) is 0 Å². The largest absolute Gasteiger partial charge is 0.504 e. The van der Waals surface area contributed by atoms with Crippen molar-refractivity contribution in [3.05, 3.63) is 23.8 Å². The lowest BCUT2D eigenvalue weighted by molar-refractivity contribution is -0.174. The molecule has 5 nitrogen and oxygen atoms in total. The minimum Gasteiger partial charge on any atom is -0.504 e. The first-order valence-corrected chi connectivity index (χ1v) is 5.52. The number of esters is 1. The van der Waals surface area contributed by atoms with Crippen LogP contribution in [0.25, 0.3) is 0 Å². The van der Waals surface area contributed by atoms with Crippen molar-refractivity contribution in [2.45, 2.75) is 18.9 Å². The summed E-state index contributed by atoms with van der Waals surface area (Å²) in [5.74, 6) is -5.79. The van der Waals surface area contributed by atoms with E-state index in [0.717, 1.165) is 6.07 Å². The predicted molar refractivity (Wildman–Crippen MR) is 63.2 cm³/mol.